The molecule has 1 aromatic rings. The number of aliphatic carboxylic acids is 1. The fourth-order valence-corrected chi connectivity index (χ4v) is 3.77. The summed E-state index contributed by atoms with van der Waals surface area (Å²) < 4.78 is 26.5. The Kier molecular flexibility index (Phi) is 4.84. The van der Waals surface area contributed by atoms with Crippen molar-refractivity contribution < 1.29 is 18.3 Å². The van der Waals surface area contributed by atoms with Gasteiger partial charge in [0.2, 0.25) is 10.0 Å². The van der Waals surface area contributed by atoms with Gasteiger partial charge in [-0.05, 0) is 43.0 Å². The van der Waals surface area contributed by atoms with Crippen molar-refractivity contribution in [2.45, 2.75) is 24.7 Å². The van der Waals surface area contributed by atoms with E-state index >= 15 is 0 Å². The molecular formula is C14H20N2O4S. The topological polar surface area (TPSA) is 86.7 Å². The number of hydrogen-bond donors (Lipinski definition) is 2. The van der Waals surface area contributed by atoms with Crippen LogP contribution in [0.1, 0.15) is 19.8 Å². The van der Waals surface area contributed by atoms with Crippen LogP contribution >= 0.6 is 0 Å². The molecule has 0 unspecified atom stereocenters. The lowest BCUT2D eigenvalue weighted by Crippen LogP contribution is -2.37. The SMILES string of the molecule is CC1CCN(S(=O)(=O)c2ccc(NCC(=O)O)cc2)CC1. The normalized spacial score (nSPS) is 17.6. The third kappa shape index (κ3) is 3.95. The van der Waals surface area contributed by atoms with Crippen LogP contribution in [0.15, 0.2) is 29.2 Å². The fourth-order valence-electron chi connectivity index (χ4n) is 2.30. The number of rotatable bonds is 5. The minimum absolute atomic E-state index is 0.198. The van der Waals surface area contributed by atoms with Crippen LogP contribution in [0.3, 0.4) is 0 Å². The lowest BCUT2D eigenvalue weighted by molar-refractivity contribution is -0.134. The van der Waals surface area contributed by atoms with Crippen LogP contribution < -0.4 is 5.32 Å². The van der Waals surface area contributed by atoms with Gasteiger partial charge in [0.1, 0.15) is 6.54 Å². The van der Waals surface area contributed by atoms with E-state index in [1.807, 2.05) is 0 Å². The molecule has 1 aromatic carbocycles. The van der Waals surface area contributed by atoms with Crippen molar-refractivity contribution in [3.05, 3.63) is 24.3 Å². The molecule has 0 aliphatic carbocycles. The molecule has 0 bridgehead atoms. The van der Waals surface area contributed by atoms with Crippen LogP contribution in [-0.4, -0.2) is 43.4 Å². The summed E-state index contributed by atoms with van der Waals surface area (Å²) in [6.45, 7) is 3.05. The highest BCUT2D eigenvalue weighted by atomic mass is 32.2. The highest BCUT2D eigenvalue weighted by Crippen LogP contribution is 2.24. The first-order valence-electron chi connectivity index (χ1n) is 6.95. The van der Waals surface area contributed by atoms with Gasteiger partial charge in [0.15, 0.2) is 0 Å². The molecule has 1 heterocycles. The lowest BCUT2D eigenvalue weighted by atomic mass is 10.0. The number of carboxylic acid groups (broad SMARTS) is 1. The summed E-state index contributed by atoms with van der Waals surface area (Å²) in [5, 5.41) is 11.3. The Labute approximate surface area is 124 Å². The van der Waals surface area contributed by atoms with E-state index in [1.54, 1.807) is 12.1 Å². The Bertz CT molecular complexity index is 590. The number of nitrogens with one attached hydrogen (secondary N) is 1. The van der Waals surface area contributed by atoms with Crippen molar-refractivity contribution in [1.82, 2.24) is 4.31 Å². The lowest BCUT2D eigenvalue weighted by Gasteiger charge is -2.29. The van der Waals surface area contributed by atoms with E-state index in [0.29, 0.717) is 24.7 Å². The van der Waals surface area contributed by atoms with Crippen molar-refractivity contribution in [2.75, 3.05) is 25.0 Å². The Hall–Kier alpha value is -1.60. The molecule has 1 aliphatic rings. The average Bonchev–Trinajstić information content (AvgIpc) is 2.46. The van der Waals surface area contributed by atoms with E-state index in [1.165, 1.54) is 16.4 Å². The minimum Gasteiger partial charge on any atom is -0.480 e. The van der Waals surface area contributed by atoms with Gasteiger partial charge >= 0.3 is 5.97 Å². The fraction of sp³-hybridized carbons (Fsp3) is 0.500. The number of hydrogen-bond acceptors (Lipinski definition) is 4. The van der Waals surface area contributed by atoms with Gasteiger partial charge < -0.3 is 10.4 Å². The van der Waals surface area contributed by atoms with Crippen LogP contribution in [0.4, 0.5) is 5.69 Å². The van der Waals surface area contributed by atoms with Crippen molar-refractivity contribution in [2.24, 2.45) is 5.92 Å². The molecule has 0 aromatic heterocycles. The van der Waals surface area contributed by atoms with Crippen LogP contribution in [0.5, 0.6) is 0 Å². The number of anilines is 1. The molecule has 6 nitrogen and oxygen atoms in total. The second-order valence-electron chi connectivity index (χ2n) is 5.36. The van der Waals surface area contributed by atoms with Gasteiger partial charge in [-0.3, -0.25) is 4.79 Å². The largest absolute Gasteiger partial charge is 0.480 e. The average molecular weight is 312 g/mol. The molecule has 0 spiro atoms. The first kappa shape index (κ1) is 15.8. The van der Waals surface area contributed by atoms with Gasteiger partial charge in [-0.1, -0.05) is 6.92 Å². The highest BCUT2D eigenvalue weighted by Gasteiger charge is 2.27. The molecule has 1 fully saturated rings. The summed E-state index contributed by atoms with van der Waals surface area (Å²) in [4.78, 5) is 10.7. The molecule has 7 heteroatoms. The second-order valence-corrected chi connectivity index (χ2v) is 7.30. The standard InChI is InChI=1S/C14H20N2O4S/c1-11-6-8-16(9-7-11)21(19,20)13-4-2-12(3-5-13)15-10-14(17)18/h2-5,11,15H,6-10H2,1H3,(H,17,18). The van der Waals surface area contributed by atoms with Crippen molar-refractivity contribution in [3.8, 4) is 0 Å². The molecule has 0 atom stereocenters. The first-order chi connectivity index (χ1) is 9.89. The number of nitrogens with zero attached hydrogens (tertiary/aromatic N) is 1. The summed E-state index contributed by atoms with van der Waals surface area (Å²) in [6, 6.07) is 6.19. The maximum atomic E-state index is 12.5. The minimum atomic E-state index is -3.44. The molecule has 1 saturated heterocycles. The molecule has 1 aliphatic heterocycles. The van der Waals surface area contributed by atoms with Gasteiger partial charge in [-0.15, -0.1) is 0 Å². The van der Waals surface area contributed by atoms with Crippen LogP contribution in [-0.2, 0) is 14.8 Å². The Morgan fingerprint density at radius 3 is 2.38 bits per heavy atom. The Morgan fingerprint density at radius 1 is 1.29 bits per heavy atom. The molecule has 21 heavy (non-hydrogen) atoms. The van der Waals surface area contributed by atoms with E-state index in [2.05, 4.69) is 12.2 Å². The van der Waals surface area contributed by atoms with Gasteiger partial charge in [0.05, 0.1) is 4.90 Å². The van der Waals surface area contributed by atoms with Crippen LogP contribution in [0, 0.1) is 5.92 Å². The summed E-state index contributed by atoms with van der Waals surface area (Å²) in [7, 11) is -3.44. The predicted molar refractivity (Wildman–Crippen MR) is 79.7 cm³/mol. The first-order valence-corrected chi connectivity index (χ1v) is 8.39. The van der Waals surface area contributed by atoms with Gasteiger partial charge in [0, 0.05) is 18.8 Å². The van der Waals surface area contributed by atoms with E-state index in [0.717, 1.165) is 12.8 Å². The maximum absolute atomic E-state index is 12.5. The second kappa shape index (κ2) is 6.44. The van der Waals surface area contributed by atoms with E-state index in [4.69, 9.17) is 5.11 Å². The van der Waals surface area contributed by atoms with E-state index in [-0.39, 0.29) is 11.4 Å². The number of piperidine rings is 1. The summed E-state index contributed by atoms with van der Waals surface area (Å²) in [5.41, 5.74) is 0.587. The summed E-state index contributed by atoms with van der Waals surface area (Å²) >= 11 is 0. The third-order valence-corrected chi connectivity index (χ3v) is 5.59. The molecular weight excluding hydrogens is 292 g/mol. The summed E-state index contributed by atoms with van der Waals surface area (Å²) in [6.07, 6.45) is 1.77. The Morgan fingerprint density at radius 2 is 1.86 bits per heavy atom. The summed E-state index contributed by atoms with van der Waals surface area (Å²) in [5.74, 6) is -0.395. The van der Waals surface area contributed by atoms with E-state index in [9.17, 15) is 13.2 Å². The molecule has 2 N–H and O–H groups in total. The number of carboxylic acids is 1. The van der Waals surface area contributed by atoms with E-state index < -0.39 is 16.0 Å². The number of sulfonamides is 1. The monoisotopic (exact) mass is 312 g/mol. The van der Waals surface area contributed by atoms with Crippen molar-refractivity contribution in [3.63, 3.8) is 0 Å². The van der Waals surface area contributed by atoms with Crippen LogP contribution in [0.25, 0.3) is 0 Å². The zero-order valence-electron chi connectivity index (χ0n) is 11.9. The molecule has 116 valence electrons. The zero-order valence-corrected chi connectivity index (χ0v) is 12.8. The highest BCUT2D eigenvalue weighted by molar-refractivity contribution is 7.89. The number of benzene rings is 1. The molecule has 0 saturated carbocycles. The zero-order chi connectivity index (χ0) is 15.5. The molecule has 0 radical (unpaired) electrons. The molecule has 0 amide bonds. The smallest absolute Gasteiger partial charge is 0.322 e. The quantitative estimate of drug-likeness (QED) is 0.862. The Balaban J connectivity index is 2.08. The van der Waals surface area contributed by atoms with Crippen molar-refractivity contribution >= 4 is 21.7 Å². The maximum Gasteiger partial charge on any atom is 0.322 e. The number of carbonyl (C=O) groups is 1. The van der Waals surface area contributed by atoms with Crippen molar-refractivity contribution in [1.29, 1.82) is 0 Å². The predicted octanol–water partition coefficient (Wildman–Crippen LogP) is 1.60. The van der Waals surface area contributed by atoms with Gasteiger partial charge in [0.25, 0.3) is 0 Å². The molecule has 2 rings (SSSR count). The van der Waals surface area contributed by atoms with Gasteiger partial charge in [-0.25, -0.2) is 8.42 Å². The third-order valence-electron chi connectivity index (χ3n) is 3.68. The van der Waals surface area contributed by atoms with Gasteiger partial charge in [-0.2, -0.15) is 4.31 Å². The van der Waals surface area contributed by atoms with Crippen LogP contribution in [0.2, 0.25) is 0 Å².